The fourth-order valence-corrected chi connectivity index (χ4v) is 0.813. The molecule has 2 aromatic rings. The van der Waals surface area contributed by atoms with Crippen LogP contribution in [0, 0.1) is 13.1 Å². The zero-order valence-corrected chi connectivity index (χ0v) is 5.94. The number of aromatic nitrogens is 4. The predicted molar refractivity (Wildman–Crippen MR) is 38.7 cm³/mol. The maximum Gasteiger partial charge on any atom is 0.182 e. The van der Waals surface area contributed by atoms with Gasteiger partial charge >= 0.3 is 0 Å². The fraction of sp³-hybridized carbons (Fsp3) is 0.143. The highest BCUT2D eigenvalue weighted by Crippen LogP contribution is 2.00. The first-order chi connectivity index (χ1) is 5.36. The van der Waals surface area contributed by atoms with Crippen molar-refractivity contribution in [3.63, 3.8) is 0 Å². The highest BCUT2D eigenvalue weighted by Gasteiger charge is 1.95. The van der Waals surface area contributed by atoms with Crippen LogP contribution in [0.3, 0.4) is 0 Å². The van der Waals surface area contributed by atoms with Gasteiger partial charge in [0.25, 0.3) is 0 Å². The van der Waals surface area contributed by atoms with Crippen LogP contribution >= 0.6 is 0 Å². The summed E-state index contributed by atoms with van der Waals surface area (Å²) in [6.07, 6.45) is 5.76. The summed E-state index contributed by atoms with van der Waals surface area (Å²) in [5.74, 6) is 0.700. The van der Waals surface area contributed by atoms with E-state index < -0.39 is 0 Å². The van der Waals surface area contributed by atoms with Gasteiger partial charge in [0.2, 0.25) is 0 Å². The number of aryl methyl sites for hydroxylation is 1. The molecule has 2 aromatic heterocycles. The molecule has 0 aliphatic rings. The second kappa shape index (κ2) is 2.23. The van der Waals surface area contributed by atoms with E-state index in [1.54, 1.807) is 6.20 Å². The van der Waals surface area contributed by atoms with Crippen LogP contribution in [-0.4, -0.2) is 19.9 Å². The third-order valence-corrected chi connectivity index (χ3v) is 1.30. The maximum atomic E-state index is 4.06. The van der Waals surface area contributed by atoms with Crippen molar-refractivity contribution in [1.29, 1.82) is 0 Å². The Morgan fingerprint density at radius 1 is 1.36 bits per heavy atom. The third kappa shape index (κ3) is 1.02. The van der Waals surface area contributed by atoms with E-state index >= 15 is 0 Å². The van der Waals surface area contributed by atoms with Gasteiger partial charge in [-0.3, -0.25) is 0 Å². The molecular weight excluding hydrogens is 140 g/mol. The molecule has 4 heteroatoms. The number of fused-ring (bicyclic) bond motifs is 1. The van der Waals surface area contributed by atoms with Crippen LogP contribution in [0.2, 0.25) is 0 Å². The largest absolute Gasteiger partial charge is 0.249 e. The van der Waals surface area contributed by atoms with Gasteiger partial charge in [-0.05, 0) is 6.92 Å². The topological polar surface area (TPSA) is 51.6 Å². The van der Waals surface area contributed by atoms with Crippen molar-refractivity contribution in [3.8, 4) is 0 Å². The summed E-state index contributed by atoms with van der Waals surface area (Å²) < 4.78 is 0. The molecule has 11 heavy (non-hydrogen) atoms. The summed E-state index contributed by atoms with van der Waals surface area (Å²) >= 11 is 0. The zero-order valence-electron chi connectivity index (χ0n) is 5.94. The predicted octanol–water partition coefficient (Wildman–Crippen LogP) is 0.528. The van der Waals surface area contributed by atoms with Crippen LogP contribution < -0.4 is 0 Å². The molecule has 0 unspecified atom stereocenters. The first-order valence-corrected chi connectivity index (χ1v) is 3.19. The Hall–Kier alpha value is -1.58. The molecule has 0 aliphatic carbocycles. The Labute approximate surface area is 63.4 Å². The highest BCUT2D eigenvalue weighted by molar-refractivity contribution is 5.67. The third-order valence-electron chi connectivity index (χ3n) is 1.30. The molecule has 2 heterocycles. The van der Waals surface area contributed by atoms with Gasteiger partial charge in [-0.2, -0.15) is 0 Å². The quantitative estimate of drug-likeness (QED) is 0.542. The first-order valence-electron chi connectivity index (χ1n) is 3.19. The van der Waals surface area contributed by atoms with E-state index in [-0.39, 0.29) is 0 Å². The molecule has 4 nitrogen and oxygen atoms in total. The molecule has 0 spiro atoms. The Bertz CT molecular complexity index is 385. The van der Waals surface area contributed by atoms with Crippen LogP contribution in [0.15, 0.2) is 12.4 Å². The molecular formula is C7H5N4. The molecule has 0 amide bonds. The summed E-state index contributed by atoms with van der Waals surface area (Å²) in [4.78, 5) is 15.9. The van der Waals surface area contributed by atoms with Gasteiger partial charge in [0.05, 0.1) is 12.4 Å². The minimum Gasteiger partial charge on any atom is -0.249 e. The van der Waals surface area contributed by atoms with Crippen LogP contribution in [-0.2, 0) is 0 Å². The molecule has 2 rings (SSSR count). The second-order valence-electron chi connectivity index (χ2n) is 2.13. The number of rotatable bonds is 0. The molecule has 53 valence electrons. The van der Waals surface area contributed by atoms with E-state index in [9.17, 15) is 0 Å². The standard InChI is InChI=1S/C7H5N4/c1-5-10-4-6-7(11-5)9-3-2-8-6/h2,4H,1H3. The van der Waals surface area contributed by atoms with Gasteiger partial charge in [0.1, 0.15) is 17.5 Å². The Kier molecular flexibility index (Phi) is 1.25. The molecule has 0 atom stereocenters. The molecule has 0 bridgehead atoms. The monoisotopic (exact) mass is 145 g/mol. The van der Waals surface area contributed by atoms with Crippen LogP contribution in [0.1, 0.15) is 5.82 Å². The average Bonchev–Trinajstić information content (AvgIpc) is 2.04. The van der Waals surface area contributed by atoms with Crippen LogP contribution in [0.5, 0.6) is 0 Å². The van der Waals surface area contributed by atoms with Crippen molar-refractivity contribution in [3.05, 3.63) is 24.4 Å². The van der Waals surface area contributed by atoms with E-state index in [0.29, 0.717) is 17.0 Å². The molecule has 0 fully saturated rings. The van der Waals surface area contributed by atoms with Crippen molar-refractivity contribution in [2.45, 2.75) is 6.92 Å². The van der Waals surface area contributed by atoms with Crippen LogP contribution in [0.4, 0.5) is 0 Å². The van der Waals surface area contributed by atoms with Crippen molar-refractivity contribution >= 4 is 11.2 Å². The Balaban J connectivity index is 2.83. The smallest absolute Gasteiger partial charge is 0.182 e. The summed E-state index contributed by atoms with van der Waals surface area (Å²) in [6, 6.07) is 0. The van der Waals surface area contributed by atoms with Crippen molar-refractivity contribution < 1.29 is 0 Å². The van der Waals surface area contributed by atoms with Gasteiger partial charge in [-0.1, -0.05) is 0 Å². The molecule has 1 radical (unpaired) electrons. The number of nitrogens with zero attached hydrogens (tertiary/aromatic N) is 4. The van der Waals surface area contributed by atoms with E-state index in [1.807, 2.05) is 6.92 Å². The van der Waals surface area contributed by atoms with Crippen molar-refractivity contribution in [2.24, 2.45) is 0 Å². The number of hydrogen-bond acceptors (Lipinski definition) is 4. The van der Waals surface area contributed by atoms with Crippen molar-refractivity contribution in [2.75, 3.05) is 0 Å². The second-order valence-corrected chi connectivity index (χ2v) is 2.13. The van der Waals surface area contributed by atoms with E-state index in [0.717, 1.165) is 0 Å². The minimum absolute atomic E-state index is 0.597. The molecule has 0 aliphatic heterocycles. The lowest BCUT2D eigenvalue weighted by Gasteiger charge is -1.92. The zero-order chi connectivity index (χ0) is 7.68. The lowest BCUT2D eigenvalue weighted by Crippen LogP contribution is -1.91. The molecule has 0 N–H and O–H groups in total. The average molecular weight is 145 g/mol. The van der Waals surface area contributed by atoms with Gasteiger partial charge in [0.15, 0.2) is 5.65 Å². The number of hydrogen-bond donors (Lipinski definition) is 0. The summed E-state index contributed by atoms with van der Waals surface area (Å²) in [5.41, 5.74) is 1.30. The van der Waals surface area contributed by atoms with Gasteiger partial charge in [-0.15, -0.1) is 0 Å². The van der Waals surface area contributed by atoms with Gasteiger partial charge in [0, 0.05) is 0 Å². The summed E-state index contributed by atoms with van der Waals surface area (Å²) in [6.45, 7) is 1.81. The molecule has 0 saturated heterocycles. The lowest BCUT2D eigenvalue weighted by molar-refractivity contribution is 1.05. The van der Waals surface area contributed by atoms with Gasteiger partial charge < -0.3 is 0 Å². The Morgan fingerprint density at radius 3 is 3.18 bits per heavy atom. The lowest BCUT2D eigenvalue weighted by atomic mass is 10.5. The van der Waals surface area contributed by atoms with Crippen LogP contribution in [0.25, 0.3) is 11.2 Å². The SMILES string of the molecule is Cc1ncc2nc[c]nc2n1. The highest BCUT2D eigenvalue weighted by atomic mass is 15.0. The van der Waals surface area contributed by atoms with E-state index in [1.165, 1.54) is 6.20 Å². The first kappa shape index (κ1) is 6.15. The summed E-state index contributed by atoms with van der Waals surface area (Å²) in [5, 5.41) is 0. The van der Waals surface area contributed by atoms with Gasteiger partial charge in [-0.25, -0.2) is 19.9 Å². The summed E-state index contributed by atoms with van der Waals surface area (Å²) in [7, 11) is 0. The van der Waals surface area contributed by atoms with Crippen molar-refractivity contribution in [1.82, 2.24) is 19.9 Å². The van der Waals surface area contributed by atoms with E-state index in [2.05, 4.69) is 26.1 Å². The maximum absolute atomic E-state index is 4.06. The Morgan fingerprint density at radius 2 is 2.27 bits per heavy atom. The fourth-order valence-electron chi connectivity index (χ4n) is 0.813. The van der Waals surface area contributed by atoms with E-state index in [4.69, 9.17) is 0 Å². The molecule has 0 aromatic carbocycles. The molecule has 0 saturated carbocycles. The normalized spacial score (nSPS) is 10.3. The minimum atomic E-state index is 0.597.